The first-order valence-electron chi connectivity index (χ1n) is 7.75. The van der Waals surface area contributed by atoms with Gasteiger partial charge in [0.15, 0.2) is 0 Å². The lowest BCUT2D eigenvalue weighted by molar-refractivity contribution is 0.0775. The van der Waals surface area contributed by atoms with Crippen molar-refractivity contribution < 1.29 is 4.74 Å². The molecule has 0 saturated carbocycles. The highest BCUT2D eigenvalue weighted by atomic mass is 16.5. The van der Waals surface area contributed by atoms with E-state index in [1.807, 2.05) is 0 Å². The summed E-state index contributed by atoms with van der Waals surface area (Å²) in [4.78, 5) is 2.68. The molecule has 4 atom stereocenters. The van der Waals surface area contributed by atoms with E-state index < -0.39 is 0 Å². The molecule has 2 rings (SSSR count). The van der Waals surface area contributed by atoms with Gasteiger partial charge in [-0.05, 0) is 45.4 Å². The Balaban J connectivity index is 1.67. The normalized spacial score (nSPS) is 35.8. The molecule has 106 valence electrons. The Morgan fingerprint density at radius 2 is 2.11 bits per heavy atom. The minimum atomic E-state index is 0.468. The molecule has 3 nitrogen and oxygen atoms in total. The summed E-state index contributed by atoms with van der Waals surface area (Å²) in [5.41, 5.74) is 0. The SMILES string of the molecule is CC1CCC(C)N(C(C)CNCC2CCCO2)C1. The molecule has 2 fully saturated rings. The molecule has 1 N–H and O–H groups in total. The zero-order chi connectivity index (χ0) is 13.0. The fraction of sp³-hybridized carbons (Fsp3) is 1.00. The van der Waals surface area contributed by atoms with Crippen LogP contribution in [0.2, 0.25) is 0 Å². The quantitative estimate of drug-likeness (QED) is 0.814. The van der Waals surface area contributed by atoms with Gasteiger partial charge in [0.2, 0.25) is 0 Å². The standard InChI is InChI=1S/C15H30N2O/c1-12-6-7-13(2)17(11-12)14(3)9-16-10-15-5-4-8-18-15/h12-16H,4-11H2,1-3H3. The van der Waals surface area contributed by atoms with Crippen molar-refractivity contribution in [2.75, 3.05) is 26.2 Å². The third kappa shape index (κ3) is 3.94. The van der Waals surface area contributed by atoms with Gasteiger partial charge in [-0.3, -0.25) is 4.90 Å². The Morgan fingerprint density at radius 1 is 1.28 bits per heavy atom. The van der Waals surface area contributed by atoms with Gasteiger partial charge in [-0.25, -0.2) is 0 Å². The number of nitrogens with one attached hydrogen (secondary N) is 1. The molecule has 0 aromatic heterocycles. The van der Waals surface area contributed by atoms with Crippen LogP contribution < -0.4 is 5.32 Å². The molecule has 0 aliphatic carbocycles. The lowest BCUT2D eigenvalue weighted by atomic mass is 9.93. The van der Waals surface area contributed by atoms with Crippen molar-refractivity contribution in [2.45, 2.75) is 64.6 Å². The summed E-state index contributed by atoms with van der Waals surface area (Å²) in [5.74, 6) is 0.863. The van der Waals surface area contributed by atoms with Crippen LogP contribution >= 0.6 is 0 Å². The fourth-order valence-electron chi connectivity index (χ4n) is 3.31. The molecule has 4 unspecified atom stereocenters. The van der Waals surface area contributed by atoms with Crippen LogP contribution in [0.15, 0.2) is 0 Å². The minimum Gasteiger partial charge on any atom is -0.377 e. The molecular formula is C15H30N2O. The van der Waals surface area contributed by atoms with E-state index in [2.05, 4.69) is 31.0 Å². The average molecular weight is 254 g/mol. The second-order valence-corrected chi connectivity index (χ2v) is 6.37. The smallest absolute Gasteiger partial charge is 0.0700 e. The van der Waals surface area contributed by atoms with Crippen LogP contribution in [0.5, 0.6) is 0 Å². The number of hydrogen-bond donors (Lipinski definition) is 1. The molecule has 0 amide bonds. The van der Waals surface area contributed by atoms with Crippen molar-refractivity contribution in [1.82, 2.24) is 10.2 Å². The van der Waals surface area contributed by atoms with E-state index in [0.717, 1.165) is 31.7 Å². The summed E-state index contributed by atoms with van der Waals surface area (Å²) >= 11 is 0. The highest BCUT2D eigenvalue weighted by molar-refractivity contribution is 4.82. The number of likely N-dealkylation sites (tertiary alicyclic amines) is 1. The molecule has 0 radical (unpaired) electrons. The van der Waals surface area contributed by atoms with Crippen LogP contribution in [0.25, 0.3) is 0 Å². The number of rotatable bonds is 5. The van der Waals surface area contributed by atoms with E-state index in [9.17, 15) is 0 Å². The lowest BCUT2D eigenvalue weighted by Crippen LogP contribution is -2.50. The molecular weight excluding hydrogens is 224 g/mol. The molecule has 2 saturated heterocycles. The molecule has 18 heavy (non-hydrogen) atoms. The number of nitrogens with zero attached hydrogens (tertiary/aromatic N) is 1. The third-order valence-electron chi connectivity index (χ3n) is 4.57. The predicted molar refractivity (Wildman–Crippen MR) is 75.9 cm³/mol. The van der Waals surface area contributed by atoms with Gasteiger partial charge in [0.1, 0.15) is 0 Å². The maximum atomic E-state index is 5.64. The highest BCUT2D eigenvalue weighted by Gasteiger charge is 2.26. The van der Waals surface area contributed by atoms with Gasteiger partial charge in [0.25, 0.3) is 0 Å². The molecule has 2 aliphatic heterocycles. The summed E-state index contributed by atoms with van der Waals surface area (Å²) in [6.07, 6.45) is 5.70. The van der Waals surface area contributed by atoms with E-state index in [1.54, 1.807) is 0 Å². The van der Waals surface area contributed by atoms with Crippen LogP contribution in [0.4, 0.5) is 0 Å². The molecule has 0 spiro atoms. The first-order chi connectivity index (χ1) is 8.66. The Labute approximate surface area is 112 Å². The molecule has 0 aromatic rings. The van der Waals surface area contributed by atoms with E-state index in [4.69, 9.17) is 4.74 Å². The zero-order valence-electron chi connectivity index (χ0n) is 12.3. The number of hydrogen-bond acceptors (Lipinski definition) is 3. The molecule has 2 aliphatic rings. The minimum absolute atomic E-state index is 0.468. The molecule has 0 bridgehead atoms. The van der Waals surface area contributed by atoms with Crippen LogP contribution in [0.1, 0.15) is 46.5 Å². The maximum absolute atomic E-state index is 5.64. The topological polar surface area (TPSA) is 24.5 Å². The number of piperidine rings is 1. The Morgan fingerprint density at radius 3 is 2.83 bits per heavy atom. The first kappa shape index (κ1) is 14.3. The van der Waals surface area contributed by atoms with Crippen LogP contribution in [-0.4, -0.2) is 49.3 Å². The third-order valence-corrected chi connectivity index (χ3v) is 4.57. The van der Waals surface area contributed by atoms with Crippen molar-refractivity contribution in [3.63, 3.8) is 0 Å². The van der Waals surface area contributed by atoms with Gasteiger partial charge in [-0.15, -0.1) is 0 Å². The predicted octanol–water partition coefficient (Wildman–Crippen LogP) is 2.26. The van der Waals surface area contributed by atoms with Gasteiger partial charge in [0.05, 0.1) is 6.10 Å². The largest absolute Gasteiger partial charge is 0.377 e. The summed E-state index contributed by atoms with van der Waals surface area (Å²) in [6, 6.07) is 1.39. The maximum Gasteiger partial charge on any atom is 0.0700 e. The second-order valence-electron chi connectivity index (χ2n) is 6.37. The van der Waals surface area contributed by atoms with Gasteiger partial charge in [-0.1, -0.05) is 6.92 Å². The summed E-state index contributed by atoms with van der Waals surface area (Å²) < 4.78 is 5.64. The lowest BCUT2D eigenvalue weighted by Gasteiger charge is -2.41. The monoisotopic (exact) mass is 254 g/mol. The Kier molecular flexibility index (Phi) is 5.46. The Hall–Kier alpha value is -0.120. The van der Waals surface area contributed by atoms with Crippen LogP contribution in [-0.2, 0) is 4.74 Å². The van der Waals surface area contributed by atoms with Gasteiger partial charge in [-0.2, -0.15) is 0 Å². The summed E-state index contributed by atoms with van der Waals surface area (Å²) in [6.45, 7) is 11.5. The van der Waals surface area contributed by atoms with Gasteiger partial charge in [0, 0.05) is 38.3 Å². The van der Waals surface area contributed by atoms with Crippen LogP contribution in [0, 0.1) is 5.92 Å². The zero-order valence-corrected chi connectivity index (χ0v) is 12.3. The number of ether oxygens (including phenoxy) is 1. The van der Waals surface area contributed by atoms with Crippen LogP contribution in [0.3, 0.4) is 0 Å². The molecule has 0 aromatic carbocycles. The van der Waals surface area contributed by atoms with E-state index in [0.29, 0.717) is 12.1 Å². The van der Waals surface area contributed by atoms with Crippen molar-refractivity contribution in [3.05, 3.63) is 0 Å². The Bertz CT molecular complexity index is 241. The summed E-state index contributed by atoms with van der Waals surface area (Å²) in [7, 11) is 0. The first-order valence-corrected chi connectivity index (χ1v) is 7.75. The van der Waals surface area contributed by atoms with E-state index in [-0.39, 0.29) is 0 Å². The molecule has 2 heterocycles. The van der Waals surface area contributed by atoms with E-state index >= 15 is 0 Å². The molecule has 3 heteroatoms. The second kappa shape index (κ2) is 6.88. The van der Waals surface area contributed by atoms with Gasteiger partial charge < -0.3 is 10.1 Å². The van der Waals surface area contributed by atoms with Gasteiger partial charge >= 0.3 is 0 Å². The fourth-order valence-corrected chi connectivity index (χ4v) is 3.31. The van der Waals surface area contributed by atoms with E-state index in [1.165, 1.54) is 32.2 Å². The van der Waals surface area contributed by atoms with Crippen molar-refractivity contribution in [1.29, 1.82) is 0 Å². The van der Waals surface area contributed by atoms with Crippen molar-refractivity contribution in [2.24, 2.45) is 5.92 Å². The van der Waals surface area contributed by atoms with Crippen molar-refractivity contribution >= 4 is 0 Å². The highest BCUT2D eigenvalue weighted by Crippen LogP contribution is 2.23. The summed E-state index contributed by atoms with van der Waals surface area (Å²) in [5, 5.41) is 3.59. The average Bonchev–Trinajstić information content (AvgIpc) is 2.85. The van der Waals surface area contributed by atoms with Crippen molar-refractivity contribution in [3.8, 4) is 0 Å².